The second-order valence-electron chi connectivity index (χ2n) is 5.91. The summed E-state index contributed by atoms with van der Waals surface area (Å²) in [5.41, 5.74) is 10.4. The molecule has 0 bridgehead atoms. The number of ether oxygens (including phenoxy) is 1. The van der Waals surface area contributed by atoms with E-state index in [1.54, 1.807) is 0 Å². The molecule has 0 radical (unpaired) electrons. The zero-order chi connectivity index (χ0) is 15.8. The third-order valence-corrected chi connectivity index (χ3v) is 3.72. The number of nitrogens with one attached hydrogen (secondary N) is 1. The molecule has 1 heterocycles. The summed E-state index contributed by atoms with van der Waals surface area (Å²) in [6.07, 6.45) is 3.83. The Morgan fingerprint density at radius 3 is 2.48 bits per heavy atom. The zero-order valence-electron chi connectivity index (χ0n) is 13.6. The molecule has 0 atom stereocenters. The predicted octanol–water partition coefficient (Wildman–Crippen LogP) is 4.02. The zero-order valence-corrected chi connectivity index (χ0v) is 13.6. The molecule has 0 spiro atoms. The van der Waals surface area contributed by atoms with E-state index >= 15 is 0 Å². The highest BCUT2D eigenvalue weighted by atomic mass is 16.5. The van der Waals surface area contributed by atoms with Gasteiger partial charge in [0, 0.05) is 6.21 Å². The van der Waals surface area contributed by atoms with Crippen molar-refractivity contribution in [2.75, 3.05) is 6.61 Å². The van der Waals surface area contributed by atoms with Gasteiger partial charge < -0.3 is 15.9 Å². The highest BCUT2D eigenvalue weighted by Gasteiger charge is 2.14. The number of hydrogen-bond donors (Lipinski definition) is 2. The van der Waals surface area contributed by atoms with Gasteiger partial charge in [-0.05, 0) is 46.7 Å². The van der Waals surface area contributed by atoms with E-state index in [0.717, 1.165) is 25.2 Å². The van der Waals surface area contributed by atoms with Crippen LogP contribution in [0.2, 0.25) is 0 Å². The lowest BCUT2D eigenvalue weighted by Gasteiger charge is -2.21. The average Bonchev–Trinajstić information content (AvgIpc) is 2.48. The van der Waals surface area contributed by atoms with Crippen molar-refractivity contribution in [1.82, 2.24) is 0 Å². The van der Waals surface area contributed by atoms with Crippen molar-refractivity contribution in [2.24, 2.45) is 11.7 Å². The number of allylic oxidation sites excluding steroid dienone is 1. The first-order valence-electron chi connectivity index (χ1n) is 7.61. The number of nitrogens with two attached hydrogens (primary N) is 1. The average molecular weight is 288 g/mol. The number of benzene rings is 1. The van der Waals surface area contributed by atoms with Crippen LogP contribution in [0.15, 0.2) is 30.0 Å². The Morgan fingerprint density at radius 1 is 1.29 bits per heavy atom. The standard InChI is InChI=1S/C12H16O.C6H12N2/c1-9(2)11-5-3-4-10-6-7-13-8-12(10)11;1-5(2)6(3-7)4-8/h3-5,9H,6-8H2,1-2H3;3-5,7H,8H2,1-2H3/b;6-4+,7-3?. The van der Waals surface area contributed by atoms with Crippen molar-refractivity contribution >= 4 is 6.21 Å². The van der Waals surface area contributed by atoms with E-state index in [0.29, 0.717) is 11.8 Å². The highest BCUT2D eigenvalue weighted by Crippen LogP contribution is 2.26. The van der Waals surface area contributed by atoms with Crippen LogP contribution in [-0.2, 0) is 17.8 Å². The molecule has 0 amide bonds. The lowest BCUT2D eigenvalue weighted by Crippen LogP contribution is -2.12. The van der Waals surface area contributed by atoms with E-state index < -0.39 is 0 Å². The van der Waals surface area contributed by atoms with Crippen LogP contribution in [0.4, 0.5) is 0 Å². The summed E-state index contributed by atoms with van der Waals surface area (Å²) in [5.74, 6) is 0.981. The minimum absolute atomic E-state index is 0.373. The third kappa shape index (κ3) is 5.01. The van der Waals surface area contributed by atoms with Gasteiger partial charge in [0.25, 0.3) is 0 Å². The summed E-state index contributed by atoms with van der Waals surface area (Å²) >= 11 is 0. The van der Waals surface area contributed by atoms with E-state index in [-0.39, 0.29) is 0 Å². The Labute approximate surface area is 128 Å². The molecule has 0 saturated carbocycles. The van der Waals surface area contributed by atoms with Crippen LogP contribution in [0.1, 0.15) is 50.3 Å². The van der Waals surface area contributed by atoms with Crippen LogP contribution in [0.25, 0.3) is 0 Å². The molecular formula is C18H28N2O. The topological polar surface area (TPSA) is 59.1 Å². The van der Waals surface area contributed by atoms with Crippen LogP contribution in [-0.4, -0.2) is 12.8 Å². The smallest absolute Gasteiger partial charge is 0.0722 e. The maximum absolute atomic E-state index is 6.82. The van der Waals surface area contributed by atoms with Gasteiger partial charge in [0.2, 0.25) is 0 Å². The van der Waals surface area contributed by atoms with Gasteiger partial charge in [-0.2, -0.15) is 0 Å². The molecule has 0 fully saturated rings. The van der Waals surface area contributed by atoms with Crippen molar-refractivity contribution in [2.45, 2.75) is 46.6 Å². The van der Waals surface area contributed by atoms with Gasteiger partial charge in [0.15, 0.2) is 0 Å². The highest BCUT2D eigenvalue weighted by molar-refractivity contribution is 5.75. The van der Waals surface area contributed by atoms with Gasteiger partial charge in [0.05, 0.1) is 13.2 Å². The molecule has 3 N–H and O–H groups in total. The molecule has 3 heteroatoms. The van der Waals surface area contributed by atoms with Gasteiger partial charge in [0.1, 0.15) is 0 Å². The van der Waals surface area contributed by atoms with Crippen molar-refractivity contribution in [3.8, 4) is 0 Å². The Balaban J connectivity index is 0.000000240. The molecule has 0 aromatic heterocycles. The van der Waals surface area contributed by atoms with Crippen molar-refractivity contribution < 1.29 is 4.74 Å². The van der Waals surface area contributed by atoms with Gasteiger partial charge >= 0.3 is 0 Å². The van der Waals surface area contributed by atoms with E-state index in [2.05, 4.69) is 32.0 Å². The Hall–Kier alpha value is -1.61. The largest absolute Gasteiger partial charge is 0.404 e. The maximum atomic E-state index is 6.82. The van der Waals surface area contributed by atoms with Gasteiger partial charge in [-0.3, -0.25) is 0 Å². The van der Waals surface area contributed by atoms with Crippen LogP contribution >= 0.6 is 0 Å². The lowest BCUT2D eigenvalue weighted by atomic mass is 9.92. The monoisotopic (exact) mass is 288 g/mol. The molecule has 1 aliphatic rings. The first-order valence-corrected chi connectivity index (χ1v) is 7.61. The molecule has 0 unspecified atom stereocenters. The molecule has 1 aromatic rings. The van der Waals surface area contributed by atoms with E-state index in [1.807, 2.05) is 13.8 Å². The SMILES string of the molecule is CC(C)/C(C=N)=C/N.CC(C)c1cccc2c1COCC2. The van der Waals surface area contributed by atoms with E-state index in [9.17, 15) is 0 Å². The fourth-order valence-electron chi connectivity index (χ4n) is 2.37. The van der Waals surface area contributed by atoms with Crippen molar-refractivity contribution in [3.63, 3.8) is 0 Å². The summed E-state index contributed by atoms with van der Waals surface area (Å²) in [4.78, 5) is 0. The number of rotatable bonds is 3. The van der Waals surface area contributed by atoms with Gasteiger partial charge in [-0.1, -0.05) is 45.9 Å². The minimum atomic E-state index is 0.373. The molecule has 116 valence electrons. The molecule has 0 saturated heterocycles. The molecule has 3 nitrogen and oxygen atoms in total. The van der Waals surface area contributed by atoms with E-state index in [1.165, 1.54) is 29.1 Å². The van der Waals surface area contributed by atoms with Crippen LogP contribution in [0, 0.1) is 11.3 Å². The second kappa shape index (κ2) is 8.63. The quantitative estimate of drug-likeness (QED) is 0.825. The minimum Gasteiger partial charge on any atom is -0.404 e. The Kier molecular flexibility index (Phi) is 7.17. The molecule has 1 aromatic carbocycles. The maximum Gasteiger partial charge on any atom is 0.0722 e. The second-order valence-corrected chi connectivity index (χ2v) is 5.91. The van der Waals surface area contributed by atoms with E-state index in [4.69, 9.17) is 15.9 Å². The van der Waals surface area contributed by atoms with Crippen LogP contribution in [0.5, 0.6) is 0 Å². The molecular weight excluding hydrogens is 260 g/mol. The Morgan fingerprint density at radius 2 is 2.00 bits per heavy atom. The summed E-state index contributed by atoms with van der Waals surface area (Å²) in [6, 6.07) is 6.61. The van der Waals surface area contributed by atoms with Gasteiger partial charge in [-0.15, -0.1) is 0 Å². The summed E-state index contributed by atoms with van der Waals surface area (Å²) in [5, 5.41) is 6.82. The van der Waals surface area contributed by atoms with Gasteiger partial charge in [-0.25, -0.2) is 0 Å². The summed E-state index contributed by atoms with van der Waals surface area (Å²) in [6.45, 7) is 10.2. The first-order chi connectivity index (χ1) is 10.0. The third-order valence-electron chi connectivity index (χ3n) is 3.72. The first kappa shape index (κ1) is 17.4. The Bertz CT molecular complexity index is 490. The number of fused-ring (bicyclic) bond motifs is 1. The molecule has 0 aliphatic carbocycles. The molecule has 1 aliphatic heterocycles. The fourth-order valence-corrected chi connectivity index (χ4v) is 2.37. The van der Waals surface area contributed by atoms with Crippen LogP contribution < -0.4 is 5.73 Å². The number of hydrogen-bond acceptors (Lipinski definition) is 3. The predicted molar refractivity (Wildman–Crippen MR) is 89.8 cm³/mol. The lowest BCUT2D eigenvalue weighted by molar-refractivity contribution is 0.110. The fraction of sp³-hybridized carbons (Fsp3) is 0.500. The van der Waals surface area contributed by atoms with Crippen molar-refractivity contribution in [1.29, 1.82) is 5.41 Å². The normalized spacial score (nSPS) is 14.5. The molecule has 21 heavy (non-hydrogen) atoms. The summed E-state index contributed by atoms with van der Waals surface area (Å²) < 4.78 is 5.49. The van der Waals surface area contributed by atoms with Crippen molar-refractivity contribution in [3.05, 3.63) is 46.7 Å². The van der Waals surface area contributed by atoms with Crippen LogP contribution in [0.3, 0.4) is 0 Å². The summed E-state index contributed by atoms with van der Waals surface area (Å²) in [7, 11) is 0. The molecule has 2 rings (SSSR count).